The fourth-order valence-electron chi connectivity index (χ4n) is 2.40. The molecule has 0 aliphatic heterocycles. The summed E-state index contributed by atoms with van der Waals surface area (Å²) in [6.45, 7) is 0.328. The van der Waals surface area contributed by atoms with Gasteiger partial charge in [-0.1, -0.05) is 18.2 Å². The third-order valence-electron chi connectivity index (χ3n) is 3.83. The Kier molecular flexibility index (Phi) is 5.48. The number of sulfone groups is 1. The number of carbonyl (C=O) groups excluding carboxylic acids is 1. The molecule has 0 saturated carbocycles. The maximum absolute atomic E-state index is 12.5. The average Bonchev–Trinajstić information content (AvgIpc) is 3.14. The van der Waals surface area contributed by atoms with E-state index < -0.39 is 9.84 Å². The lowest BCUT2D eigenvalue weighted by Gasteiger charge is -2.07. The average molecular weight is 391 g/mol. The second kappa shape index (κ2) is 7.79. The van der Waals surface area contributed by atoms with Crippen LogP contribution in [0.25, 0.3) is 11.0 Å². The van der Waals surface area contributed by atoms with E-state index in [9.17, 15) is 13.2 Å². The van der Waals surface area contributed by atoms with Crippen LogP contribution in [-0.4, -0.2) is 35.9 Å². The summed E-state index contributed by atoms with van der Waals surface area (Å²) in [7, 11) is -2.03. The SMILES string of the molecule is COc1ccc(CNC(=O)CCS(=O)(=O)c2cccc3nsnc23)cc1. The quantitative estimate of drug-likeness (QED) is 0.663. The molecule has 1 amide bonds. The number of rotatable bonds is 7. The summed E-state index contributed by atoms with van der Waals surface area (Å²) in [5.41, 5.74) is 1.80. The van der Waals surface area contributed by atoms with Crippen molar-refractivity contribution >= 4 is 38.5 Å². The number of ether oxygens (including phenoxy) is 1. The topological polar surface area (TPSA) is 98.2 Å². The third kappa shape index (κ3) is 4.17. The molecule has 1 heterocycles. The molecule has 0 saturated heterocycles. The molecule has 9 heteroatoms. The first kappa shape index (κ1) is 18.3. The van der Waals surface area contributed by atoms with E-state index in [-0.39, 0.29) is 23.0 Å². The van der Waals surface area contributed by atoms with Crippen LogP contribution in [0.5, 0.6) is 5.75 Å². The first-order valence-corrected chi connectivity index (χ1v) is 10.2. The van der Waals surface area contributed by atoms with E-state index >= 15 is 0 Å². The van der Waals surface area contributed by atoms with Crippen molar-refractivity contribution in [3.63, 3.8) is 0 Å². The van der Waals surface area contributed by atoms with Crippen molar-refractivity contribution in [2.24, 2.45) is 0 Å². The number of hydrogen-bond donors (Lipinski definition) is 1. The zero-order chi connectivity index (χ0) is 18.6. The van der Waals surface area contributed by atoms with Gasteiger partial charge in [-0.25, -0.2) is 8.42 Å². The molecule has 3 aromatic rings. The molecule has 0 fully saturated rings. The normalized spacial score (nSPS) is 11.4. The Morgan fingerprint density at radius 2 is 1.92 bits per heavy atom. The van der Waals surface area contributed by atoms with E-state index in [1.165, 1.54) is 6.07 Å². The fraction of sp³-hybridized carbons (Fsp3) is 0.235. The lowest BCUT2D eigenvalue weighted by Crippen LogP contribution is -2.25. The molecule has 0 radical (unpaired) electrons. The van der Waals surface area contributed by atoms with Crippen molar-refractivity contribution in [2.45, 2.75) is 17.9 Å². The molecule has 26 heavy (non-hydrogen) atoms. The second-order valence-corrected chi connectivity index (χ2v) is 8.19. The van der Waals surface area contributed by atoms with Crippen LogP contribution in [0.4, 0.5) is 0 Å². The molecular formula is C17H17N3O4S2. The summed E-state index contributed by atoms with van der Waals surface area (Å²) < 4.78 is 38.2. The van der Waals surface area contributed by atoms with Crippen molar-refractivity contribution in [3.05, 3.63) is 48.0 Å². The van der Waals surface area contributed by atoms with Crippen LogP contribution in [0, 0.1) is 0 Å². The van der Waals surface area contributed by atoms with Gasteiger partial charge in [0.15, 0.2) is 9.84 Å². The Morgan fingerprint density at radius 3 is 2.65 bits per heavy atom. The van der Waals surface area contributed by atoms with E-state index in [2.05, 4.69) is 14.1 Å². The zero-order valence-electron chi connectivity index (χ0n) is 14.0. The molecule has 136 valence electrons. The number of methoxy groups -OCH3 is 1. The third-order valence-corrected chi connectivity index (χ3v) is 6.11. The maximum Gasteiger partial charge on any atom is 0.221 e. The van der Waals surface area contributed by atoms with Crippen LogP contribution >= 0.6 is 11.7 Å². The Balaban J connectivity index is 1.58. The van der Waals surface area contributed by atoms with Gasteiger partial charge >= 0.3 is 0 Å². The second-order valence-electron chi connectivity index (χ2n) is 5.58. The number of nitrogens with one attached hydrogen (secondary N) is 1. The van der Waals surface area contributed by atoms with E-state index in [0.717, 1.165) is 23.0 Å². The number of amides is 1. The van der Waals surface area contributed by atoms with Crippen LogP contribution in [0.15, 0.2) is 47.4 Å². The van der Waals surface area contributed by atoms with Gasteiger partial charge in [-0.05, 0) is 29.8 Å². The number of benzene rings is 2. The fourth-order valence-corrected chi connectivity index (χ4v) is 4.41. The van der Waals surface area contributed by atoms with E-state index in [1.807, 2.05) is 12.1 Å². The first-order valence-electron chi connectivity index (χ1n) is 7.83. The molecule has 0 aliphatic carbocycles. The molecule has 0 unspecified atom stereocenters. The predicted octanol–water partition coefficient (Wildman–Crippen LogP) is 2.18. The summed E-state index contributed by atoms with van der Waals surface area (Å²) in [5, 5.41) is 2.72. The summed E-state index contributed by atoms with van der Waals surface area (Å²) in [6, 6.07) is 12.1. The Hall–Kier alpha value is -2.52. The number of nitrogens with zero attached hydrogens (tertiary/aromatic N) is 2. The van der Waals surface area contributed by atoms with Gasteiger partial charge in [0.1, 0.15) is 16.8 Å². The van der Waals surface area contributed by atoms with E-state index in [4.69, 9.17) is 4.74 Å². The monoisotopic (exact) mass is 391 g/mol. The Bertz CT molecular complexity index is 1010. The number of carbonyl (C=O) groups is 1. The van der Waals surface area contributed by atoms with Gasteiger partial charge < -0.3 is 10.1 Å². The minimum Gasteiger partial charge on any atom is -0.497 e. The van der Waals surface area contributed by atoms with Crippen LogP contribution in [-0.2, 0) is 21.2 Å². The highest BCUT2D eigenvalue weighted by molar-refractivity contribution is 7.91. The first-order chi connectivity index (χ1) is 12.5. The van der Waals surface area contributed by atoms with Gasteiger partial charge in [-0.15, -0.1) is 0 Å². The summed E-state index contributed by atoms with van der Waals surface area (Å²) in [6.07, 6.45) is -0.119. The smallest absolute Gasteiger partial charge is 0.221 e. The molecule has 0 aliphatic rings. The molecule has 7 nitrogen and oxygen atoms in total. The molecule has 3 rings (SSSR count). The van der Waals surface area contributed by atoms with Crippen molar-refractivity contribution in [3.8, 4) is 5.75 Å². The lowest BCUT2D eigenvalue weighted by molar-refractivity contribution is -0.120. The van der Waals surface area contributed by atoms with Crippen LogP contribution < -0.4 is 10.1 Å². The Labute approximate surface area is 155 Å². The zero-order valence-corrected chi connectivity index (χ0v) is 15.6. The van der Waals surface area contributed by atoms with Crippen LogP contribution in [0.2, 0.25) is 0 Å². The summed E-state index contributed by atoms with van der Waals surface area (Å²) in [5.74, 6) is 0.128. The maximum atomic E-state index is 12.5. The summed E-state index contributed by atoms with van der Waals surface area (Å²) in [4.78, 5) is 12.1. The van der Waals surface area contributed by atoms with Crippen molar-refractivity contribution in [2.75, 3.05) is 12.9 Å². The Morgan fingerprint density at radius 1 is 1.15 bits per heavy atom. The van der Waals surface area contributed by atoms with Gasteiger partial charge in [0.05, 0.1) is 29.5 Å². The molecule has 2 aromatic carbocycles. The molecule has 1 aromatic heterocycles. The minimum atomic E-state index is -3.62. The number of aromatic nitrogens is 2. The van der Waals surface area contributed by atoms with Crippen molar-refractivity contribution in [1.82, 2.24) is 14.1 Å². The van der Waals surface area contributed by atoms with Crippen molar-refractivity contribution in [1.29, 1.82) is 0 Å². The largest absolute Gasteiger partial charge is 0.497 e. The standard InChI is InChI=1S/C17H17N3O4S2/c1-24-13-7-5-12(6-8-13)11-18-16(21)9-10-26(22,23)15-4-2-3-14-17(15)20-25-19-14/h2-8H,9-11H2,1H3,(H,18,21). The highest BCUT2D eigenvalue weighted by Crippen LogP contribution is 2.22. The molecule has 0 atom stereocenters. The highest BCUT2D eigenvalue weighted by atomic mass is 32.2. The summed E-state index contributed by atoms with van der Waals surface area (Å²) >= 11 is 0.963. The van der Waals surface area contributed by atoms with E-state index in [0.29, 0.717) is 17.6 Å². The van der Waals surface area contributed by atoms with Crippen LogP contribution in [0.3, 0.4) is 0 Å². The molecule has 0 spiro atoms. The van der Waals surface area contributed by atoms with Gasteiger partial charge in [-0.3, -0.25) is 4.79 Å². The van der Waals surface area contributed by atoms with Gasteiger partial charge in [0.25, 0.3) is 0 Å². The molecule has 1 N–H and O–H groups in total. The van der Waals surface area contributed by atoms with Crippen LogP contribution in [0.1, 0.15) is 12.0 Å². The van der Waals surface area contributed by atoms with Gasteiger partial charge in [-0.2, -0.15) is 8.75 Å². The number of fused-ring (bicyclic) bond motifs is 1. The highest BCUT2D eigenvalue weighted by Gasteiger charge is 2.20. The van der Waals surface area contributed by atoms with Gasteiger partial charge in [0.2, 0.25) is 5.91 Å². The number of hydrogen-bond acceptors (Lipinski definition) is 7. The predicted molar refractivity (Wildman–Crippen MR) is 98.9 cm³/mol. The van der Waals surface area contributed by atoms with E-state index in [1.54, 1.807) is 31.4 Å². The lowest BCUT2D eigenvalue weighted by atomic mass is 10.2. The van der Waals surface area contributed by atoms with Crippen molar-refractivity contribution < 1.29 is 17.9 Å². The molecule has 0 bridgehead atoms. The van der Waals surface area contributed by atoms with Gasteiger partial charge in [0, 0.05) is 13.0 Å². The molecular weight excluding hydrogens is 374 g/mol. The minimum absolute atomic E-state index is 0.117.